The number of aromatic nitrogens is 4. The number of halogens is 3. The Balaban J connectivity index is 1.41. The van der Waals surface area contributed by atoms with Gasteiger partial charge in [-0.3, -0.25) is 22.8 Å². The average molecular weight is 869 g/mol. The van der Waals surface area contributed by atoms with E-state index in [0.29, 0.717) is 0 Å². The molecule has 1 aromatic heterocycles. The van der Waals surface area contributed by atoms with Crippen LogP contribution in [0.25, 0.3) is 22.6 Å². The normalized spacial score (nSPS) is 14.1. The molecular formula is C27H24Cl3N9O12S3. The number of anilines is 5. The highest BCUT2D eigenvalue weighted by atomic mass is 35.5. The van der Waals surface area contributed by atoms with E-state index in [2.05, 4.69) is 57.0 Å². The van der Waals surface area contributed by atoms with Crippen molar-refractivity contribution < 1.29 is 52.9 Å². The van der Waals surface area contributed by atoms with Crippen molar-refractivity contribution in [2.24, 2.45) is 4.99 Å². The van der Waals surface area contributed by atoms with E-state index >= 15 is 0 Å². The second-order valence-electron chi connectivity index (χ2n) is 11.0. The zero-order valence-electron chi connectivity index (χ0n) is 27.0. The van der Waals surface area contributed by atoms with Gasteiger partial charge in [0.1, 0.15) is 26.9 Å². The molecule has 2 aliphatic heterocycles. The fourth-order valence-electron chi connectivity index (χ4n) is 5.06. The van der Waals surface area contributed by atoms with Gasteiger partial charge in [0.05, 0.1) is 16.7 Å². The van der Waals surface area contributed by atoms with Crippen molar-refractivity contribution in [1.29, 1.82) is 0 Å². The quantitative estimate of drug-likeness (QED) is 0.0415. The van der Waals surface area contributed by atoms with Gasteiger partial charge in [0.15, 0.2) is 32.6 Å². The van der Waals surface area contributed by atoms with Crippen LogP contribution in [0.4, 0.5) is 29.0 Å². The van der Waals surface area contributed by atoms with Crippen molar-refractivity contribution in [2.75, 3.05) is 34.9 Å². The molecule has 0 bridgehead atoms. The minimum Gasteiger partial charge on any atom is -0.450 e. The Labute approximate surface area is 320 Å². The zero-order chi connectivity index (χ0) is 39.5. The number of nitrogens with one attached hydrogen (secondary N) is 4. The molecule has 2 aromatic carbocycles. The van der Waals surface area contributed by atoms with Crippen LogP contribution in [0.15, 0.2) is 55.9 Å². The Hall–Kier alpha value is -4.47. The van der Waals surface area contributed by atoms with Gasteiger partial charge in [0.25, 0.3) is 21.3 Å². The summed E-state index contributed by atoms with van der Waals surface area (Å²) in [6.45, 7) is 5.04. The van der Waals surface area contributed by atoms with Crippen molar-refractivity contribution in [3.63, 3.8) is 0 Å². The lowest BCUT2D eigenvalue weighted by atomic mass is 10.1. The smallest absolute Gasteiger partial charge is 0.300 e. The zero-order valence-corrected chi connectivity index (χ0v) is 31.7. The second kappa shape index (κ2) is 14.3. The third-order valence-corrected chi connectivity index (χ3v) is 10.3. The van der Waals surface area contributed by atoms with Crippen molar-refractivity contribution in [3.8, 4) is 23.0 Å². The summed E-state index contributed by atoms with van der Waals surface area (Å²) >= 11 is 14.8. The Kier molecular flexibility index (Phi) is 10.4. The van der Waals surface area contributed by atoms with Crippen LogP contribution in [-0.4, -0.2) is 79.2 Å². The van der Waals surface area contributed by atoms with Crippen LogP contribution < -0.4 is 31.4 Å². The van der Waals surface area contributed by atoms with Crippen LogP contribution >= 0.6 is 46.0 Å². The lowest BCUT2D eigenvalue weighted by Crippen LogP contribution is -2.27. The van der Waals surface area contributed by atoms with E-state index in [1.807, 2.05) is 0 Å². The molecule has 1 atom stereocenters. The van der Waals surface area contributed by atoms with Crippen LogP contribution in [0.5, 0.6) is 11.5 Å². The lowest BCUT2D eigenvalue weighted by Gasteiger charge is -2.27. The first-order chi connectivity index (χ1) is 25.1. The largest absolute Gasteiger partial charge is 0.450 e. The number of ether oxygens (including phenoxy) is 1. The van der Waals surface area contributed by atoms with E-state index in [-0.39, 0.29) is 79.1 Å². The van der Waals surface area contributed by atoms with Crippen LogP contribution in [-0.2, 0) is 24.4 Å². The summed E-state index contributed by atoms with van der Waals surface area (Å²) in [6.07, 6.45) is 0. The summed E-state index contributed by atoms with van der Waals surface area (Å²) in [5, 5.41) is 10.3. The molecule has 54 heavy (non-hydrogen) atoms. The van der Waals surface area contributed by atoms with Crippen LogP contribution in [0, 0.1) is 0 Å². The standard InChI is InChI=1S/C27H24Cl3N9O12S3/c1-9(33-27-38-25(30)37-26(31-3)39-27)8-32-13-6-4-11-19(23(13)52(40,41)42)49-21-15(28)18-22(16(29)17(21)35-11)50-20-12(36-18)5-7-14(24(20)53(43,44)45)34-10(2)51-54(46,47)48/h4-7,9,32,35,46-48H,2,8H2,1,3H3,(H,40,41,42)(H,43,44,45)(H2,31,33,37,38,39). The predicted octanol–water partition coefficient (Wildman–Crippen LogP) is 5.90. The molecule has 0 amide bonds. The SMILES string of the molecule is C=C(N=c1ccc2nc3c(Cl)c4c(c(Cl)c3oc-2c1S(=O)(=O)O)Nc1ccc(NCC(C)Nc2nc(Cl)nc(NC)n2)c(S(=O)(=O)O)c1O4)OS(O)(O)O. The Morgan fingerprint density at radius 2 is 1.63 bits per heavy atom. The molecular weight excluding hydrogens is 845 g/mol. The molecule has 3 aromatic rings. The number of nitrogens with zero attached hydrogens (tertiary/aromatic N) is 5. The van der Waals surface area contributed by atoms with Crippen molar-refractivity contribution in [2.45, 2.75) is 22.8 Å². The van der Waals surface area contributed by atoms with E-state index < -0.39 is 64.2 Å². The molecule has 21 nitrogen and oxygen atoms in total. The predicted molar refractivity (Wildman–Crippen MR) is 197 cm³/mol. The van der Waals surface area contributed by atoms with Gasteiger partial charge in [0.2, 0.25) is 23.1 Å². The molecule has 0 saturated heterocycles. The van der Waals surface area contributed by atoms with Crippen molar-refractivity contribution in [3.05, 3.63) is 57.4 Å². The maximum Gasteiger partial charge on any atom is 0.300 e. The summed E-state index contributed by atoms with van der Waals surface area (Å²) < 4.78 is 115. The van der Waals surface area contributed by atoms with E-state index in [1.165, 1.54) is 18.2 Å². The summed E-state index contributed by atoms with van der Waals surface area (Å²) in [5.41, 5.74) is -0.960. The van der Waals surface area contributed by atoms with E-state index in [9.17, 15) is 25.9 Å². The van der Waals surface area contributed by atoms with Gasteiger partial charge < -0.3 is 34.6 Å². The molecule has 3 aliphatic rings. The van der Waals surface area contributed by atoms with Crippen LogP contribution in [0.3, 0.4) is 0 Å². The number of rotatable bonds is 11. The fraction of sp³-hybridized carbons (Fsp3) is 0.148. The summed E-state index contributed by atoms with van der Waals surface area (Å²) in [4.78, 5) is 18.4. The second-order valence-corrected chi connectivity index (χ2v) is 15.9. The minimum absolute atomic E-state index is 0.00887. The monoisotopic (exact) mass is 867 g/mol. The minimum atomic E-state index is -5.18. The topological polar surface area (TPSA) is 313 Å². The molecule has 1 aliphatic carbocycles. The Morgan fingerprint density at radius 3 is 2.28 bits per heavy atom. The molecule has 0 spiro atoms. The maximum absolute atomic E-state index is 12.8. The number of hydrogen-bond donors (Lipinski definition) is 9. The average Bonchev–Trinajstić information content (AvgIpc) is 3.05. The molecule has 27 heteroatoms. The first-order valence-electron chi connectivity index (χ1n) is 14.5. The van der Waals surface area contributed by atoms with Gasteiger partial charge in [-0.1, -0.05) is 23.2 Å². The first kappa shape index (κ1) is 39.2. The number of hydrogen-bond acceptors (Lipinski definition) is 19. The van der Waals surface area contributed by atoms with E-state index in [1.54, 1.807) is 14.0 Å². The summed E-state index contributed by atoms with van der Waals surface area (Å²) in [7, 11) is -8.58. The summed E-state index contributed by atoms with van der Waals surface area (Å²) in [5.74, 6) is -1.75. The van der Waals surface area contributed by atoms with Gasteiger partial charge in [-0.05, 0) is 49.4 Å². The molecule has 0 saturated carbocycles. The number of benzene rings is 3. The third-order valence-electron chi connectivity index (χ3n) is 7.13. The molecule has 6 rings (SSSR count). The maximum atomic E-state index is 12.8. The van der Waals surface area contributed by atoms with Crippen LogP contribution in [0.2, 0.25) is 15.3 Å². The molecule has 288 valence electrons. The third kappa shape index (κ3) is 7.98. The molecule has 1 unspecified atom stereocenters. The van der Waals surface area contributed by atoms with Crippen molar-refractivity contribution in [1.82, 2.24) is 19.9 Å². The van der Waals surface area contributed by atoms with Crippen LogP contribution in [0.1, 0.15) is 6.92 Å². The van der Waals surface area contributed by atoms with Crippen molar-refractivity contribution >= 4 is 106 Å². The molecule has 9 N–H and O–H groups in total. The van der Waals surface area contributed by atoms with Gasteiger partial charge in [-0.2, -0.15) is 31.8 Å². The highest BCUT2D eigenvalue weighted by Gasteiger charge is 2.35. The van der Waals surface area contributed by atoms with Gasteiger partial charge in [-0.15, -0.1) is 0 Å². The molecule has 0 fully saturated rings. The van der Waals surface area contributed by atoms with E-state index in [0.717, 1.165) is 6.07 Å². The summed E-state index contributed by atoms with van der Waals surface area (Å²) in [6, 6.07) is 4.49. The highest BCUT2D eigenvalue weighted by molar-refractivity contribution is 8.15. The number of fused-ring (bicyclic) bond motifs is 4. The lowest BCUT2D eigenvalue weighted by molar-refractivity contribution is 0.246. The molecule has 0 radical (unpaired) electrons. The fourth-order valence-corrected chi connectivity index (χ4v) is 7.60. The Morgan fingerprint density at radius 1 is 0.944 bits per heavy atom. The van der Waals surface area contributed by atoms with Gasteiger partial charge in [0, 0.05) is 19.6 Å². The van der Waals surface area contributed by atoms with E-state index in [4.69, 9.17) is 57.6 Å². The van der Waals surface area contributed by atoms with Gasteiger partial charge in [-0.25, -0.2) is 9.98 Å². The highest BCUT2D eigenvalue weighted by Crippen LogP contribution is 2.55. The molecule has 3 heterocycles. The Bertz CT molecular complexity index is 2640. The van der Waals surface area contributed by atoms with Gasteiger partial charge >= 0.3 is 10.1 Å². The first-order valence-corrected chi connectivity index (χ1v) is 20.0.